The molecule has 0 saturated carbocycles. The zero-order valence-electron chi connectivity index (χ0n) is 33.6. The van der Waals surface area contributed by atoms with Gasteiger partial charge in [0, 0.05) is 22.3 Å². The average molecular weight is 776 g/mol. The van der Waals surface area contributed by atoms with Crippen LogP contribution in [0.3, 0.4) is 0 Å². The van der Waals surface area contributed by atoms with Gasteiger partial charge in [0.1, 0.15) is 0 Å². The Kier molecular flexibility index (Phi) is 9.26. The number of fused-ring (bicyclic) bond motifs is 4. The van der Waals surface area contributed by atoms with Crippen LogP contribution >= 0.6 is 0 Å². The Morgan fingerprint density at radius 1 is 0.230 bits per heavy atom. The molecule has 0 fully saturated rings. The van der Waals surface area contributed by atoms with Gasteiger partial charge in [-0.25, -0.2) is 0 Å². The summed E-state index contributed by atoms with van der Waals surface area (Å²) in [6, 6.07) is 90.6. The van der Waals surface area contributed by atoms with E-state index in [1.54, 1.807) is 0 Å². The first-order valence-electron chi connectivity index (χ1n) is 21.0. The highest BCUT2D eigenvalue weighted by molar-refractivity contribution is 6.22. The molecule has 1 nitrogen and oxygen atoms in total. The zero-order valence-corrected chi connectivity index (χ0v) is 33.6. The summed E-state index contributed by atoms with van der Waals surface area (Å²) in [5.74, 6) is 0. The number of benzene rings is 11. The van der Waals surface area contributed by atoms with E-state index in [0.717, 1.165) is 17.1 Å². The van der Waals surface area contributed by atoms with Crippen molar-refractivity contribution in [2.24, 2.45) is 0 Å². The molecule has 0 amide bonds. The highest BCUT2D eigenvalue weighted by atomic mass is 15.1. The first kappa shape index (κ1) is 36.1. The van der Waals surface area contributed by atoms with Gasteiger partial charge in [-0.15, -0.1) is 0 Å². The van der Waals surface area contributed by atoms with Crippen LogP contribution in [0.2, 0.25) is 0 Å². The molecule has 0 atom stereocenters. The topological polar surface area (TPSA) is 3.24 Å². The molecule has 286 valence electrons. The molecule has 0 bridgehead atoms. The maximum absolute atomic E-state index is 2.48. The number of anilines is 3. The van der Waals surface area contributed by atoms with Crippen molar-refractivity contribution in [2.75, 3.05) is 4.90 Å². The summed E-state index contributed by atoms with van der Waals surface area (Å²) in [6.07, 6.45) is 0. The largest absolute Gasteiger partial charge is 0.309 e. The SMILES string of the molecule is c1ccc(-c2ccc(-c3ccc(N(c4ccccc4)c4c(-c5ccc(-c6ccc7ccccc7c6)cc5)c5ccccc5c5ccccc45)cc3-c3ccccc3)cc2)cc1. The van der Waals surface area contributed by atoms with Gasteiger partial charge in [0.2, 0.25) is 0 Å². The monoisotopic (exact) mass is 775 g/mol. The molecule has 0 N–H and O–H groups in total. The first-order chi connectivity index (χ1) is 30.3. The molecule has 0 aliphatic carbocycles. The summed E-state index contributed by atoms with van der Waals surface area (Å²) >= 11 is 0. The van der Waals surface area contributed by atoms with Crippen molar-refractivity contribution in [1.82, 2.24) is 0 Å². The second kappa shape index (κ2) is 15.6. The van der Waals surface area contributed by atoms with Gasteiger partial charge >= 0.3 is 0 Å². The number of nitrogens with zero attached hydrogens (tertiary/aromatic N) is 1. The van der Waals surface area contributed by atoms with Crippen molar-refractivity contribution >= 4 is 49.4 Å². The molecule has 0 unspecified atom stereocenters. The number of para-hydroxylation sites is 1. The van der Waals surface area contributed by atoms with Gasteiger partial charge in [0.05, 0.1) is 5.69 Å². The highest BCUT2D eigenvalue weighted by Crippen LogP contribution is 2.50. The summed E-state index contributed by atoms with van der Waals surface area (Å²) in [4.78, 5) is 2.48. The van der Waals surface area contributed by atoms with E-state index in [0.29, 0.717) is 0 Å². The fourth-order valence-corrected chi connectivity index (χ4v) is 9.08. The maximum Gasteiger partial charge on any atom is 0.0624 e. The number of rotatable bonds is 8. The van der Waals surface area contributed by atoms with Crippen molar-refractivity contribution in [3.63, 3.8) is 0 Å². The van der Waals surface area contributed by atoms with E-state index in [4.69, 9.17) is 0 Å². The Morgan fingerprint density at radius 2 is 0.689 bits per heavy atom. The third kappa shape index (κ3) is 6.73. The van der Waals surface area contributed by atoms with Gasteiger partial charge in [-0.05, 0) is 107 Å². The van der Waals surface area contributed by atoms with Crippen molar-refractivity contribution in [3.05, 3.63) is 249 Å². The van der Waals surface area contributed by atoms with Crippen LogP contribution in [0.1, 0.15) is 0 Å². The molecule has 11 aromatic carbocycles. The van der Waals surface area contributed by atoms with E-state index in [1.165, 1.54) is 88.0 Å². The molecule has 0 aliphatic heterocycles. The summed E-state index contributed by atoms with van der Waals surface area (Å²) in [6.45, 7) is 0. The highest BCUT2D eigenvalue weighted by Gasteiger charge is 2.24. The maximum atomic E-state index is 2.48. The predicted octanol–water partition coefficient (Wildman–Crippen LogP) is 17.0. The lowest BCUT2D eigenvalue weighted by molar-refractivity contribution is 1.30. The summed E-state index contributed by atoms with van der Waals surface area (Å²) in [7, 11) is 0. The van der Waals surface area contributed by atoms with Crippen LogP contribution in [0.5, 0.6) is 0 Å². The van der Waals surface area contributed by atoms with E-state index in [2.05, 4.69) is 254 Å². The van der Waals surface area contributed by atoms with Crippen molar-refractivity contribution < 1.29 is 0 Å². The Bertz CT molecular complexity index is 3320. The Morgan fingerprint density at radius 3 is 1.38 bits per heavy atom. The summed E-state index contributed by atoms with van der Waals surface area (Å²) < 4.78 is 0. The molecule has 0 saturated heterocycles. The van der Waals surface area contributed by atoms with E-state index < -0.39 is 0 Å². The molecule has 11 aromatic rings. The van der Waals surface area contributed by atoms with E-state index in [-0.39, 0.29) is 0 Å². The zero-order chi connectivity index (χ0) is 40.5. The molecule has 0 aliphatic rings. The van der Waals surface area contributed by atoms with Gasteiger partial charge in [0.15, 0.2) is 0 Å². The van der Waals surface area contributed by atoms with Gasteiger partial charge in [-0.1, -0.05) is 218 Å². The molecule has 0 radical (unpaired) electrons. The Balaban J connectivity index is 1.14. The normalized spacial score (nSPS) is 11.3. The molecule has 11 rings (SSSR count). The van der Waals surface area contributed by atoms with E-state index >= 15 is 0 Å². The van der Waals surface area contributed by atoms with Gasteiger partial charge in [-0.3, -0.25) is 0 Å². The second-order valence-corrected chi connectivity index (χ2v) is 15.7. The van der Waals surface area contributed by atoms with Crippen LogP contribution in [0.4, 0.5) is 17.1 Å². The lowest BCUT2D eigenvalue weighted by atomic mass is 9.88. The third-order valence-electron chi connectivity index (χ3n) is 12.0. The second-order valence-electron chi connectivity index (χ2n) is 15.7. The van der Waals surface area contributed by atoms with Gasteiger partial charge < -0.3 is 4.90 Å². The molecule has 0 spiro atoms. The van der Waals surface area contributed by atoms with E-state index in [9.17, 15) is 0 Å². The molecular formula is C60H41N. The quantitative estimate of drug-likeness (QED) is 0.139. The summed E-state index contributed by atoms with van der Waals surface area (Å²) in [5.41, 5.74) is 15.2. The third-order valence-corrected chi connectivity index (χ3v) is 12.0. The average Bonchev–Trinajstić information content (AvgIpc) is 3.35. The van der Waals surface area contributed by atoms with Gasteiger partial charge in [0.25, 0.3) is 0 Å². The van der Waals surface area contributed by atoms with Crippen molar-refractivity contribution in [2.45, 2.75) is 0 Å². The lowest BCUT2D eigenvalue weighted by Crippen LogP contribution is -2.12. The molecule has 0 heterocycles. The number of hydrogen-bond donors (Lipinski definition) is 0. The fourth-order valence-electron chi connectivity index (χ4n) is 9.08. The van der Waals surface area contributed by atoms with Gasteiger partial charge in [-0.2, -0.15) is 0 Å². The van der Waals surface area contributed by atoms with Crippen LogP contribution in [0.25, 0.3) is 88.0 Å². The molecular weight excluding hydrogens is 735 g/mol. The standard InChI is InChI=1S/C60H41N/c1-4-16-42(17-5-1)44-28-33-47(34-29-44)53-39-38-52(41-58(53)46-19-6-2-7-20-46)61(51-22-8-3-9-23-51)60-57-27-15-13-25-55(57)54-24-12-14-26-56(54)59(60)48-35-30-45(31-36-48)50-37-32-43-18-10-11-21-49(43)40-50/h1-41H. The fraction of sp³-hybridized carbons (Fsp3) is 0. The number of hydrogen-bond acceptors (Lipinski definition) is 1. The molecule has 1 heteroatoms. The first-order valence-corrected chi connectivity index (χ1v) is 21.0. The molecule has 61 heavy (non-hydrogen) atoms. The Hall–Kier alpha value is -8.00. The van der Waals surface area contributed by atoms with Crippen LogP contribution in [0.15, 0.2) is 249 Å². The van der Waals surface area contributed by atoms with Crippen LogP contribution in [-0.2, 0) is 0 Å². The van der Waals surface area contributed by atoms with Crippen molar-refractivity contribution in [3.8, 4) is 55.6 Å². The van der Waals surface area contributed by atoms with Crippen LogP contribution in [-0.4, -0.2) is 0 Å². The summed E-state index contributed by atoms with van der Waals surface area (Å²) in [5, 5.41) is 7.37. The van der Waals surface area contributed by atoms with Crippen molar-refractivity contribution in [1.29, 1.82) is 0 Å². The lowest BCUT2D eigenvalue weighted by Gasteiger charge is -2.31. The smallest absolute Gasteiger partial charge is 0.0624 e. The Labute approximate surface area is 357 Å². The minimum Gasteiger partial charge on any atom is -0.309 e. The predicted molar refractivity (Wildman–Crippen MR) is 261 cm³/mol. The minimum absolute atomic E-state index is 1.09. The van der Waals surface area contributed by atoms with E-state index in [1.807, 2.05) is 0 Å². The van der Waals surface area contributed by atoms with Crippen LogP contribution in [0, 0.1) is 0 Å². The molecule has 0 aromatic heterocycles. The minimum atomic E-state index is 1.09. The van der Waals surface area contributed by atoms with Crippen LogP contribution < -0.4 is 4.90 Å².